The molecule has 0 aliphatic heterocycles. The molecule has 0 atom stereocenters. The van der Waals surface area contributed by atoms with Crippen LogP contribution in [-0.4, -0.2) is 16.1 Å². The highest BCUT2D eigenvalue weighted by Crippen LogP contribution is 2.33. The van der Waals surface area contributed by atoms with Crippen LogP contribution in [0.15, 0.2) is 48.5 Å². The summed E-state index contributed by atoms with van der Waals surface area (Å²) in [6, 6.07) is 11.5. The highest BCUT2D eigenvalue weighted by atomic mass is 32.1. The van der Waals surface area contributed by atoms with Gasteiger partial charge in [-0.1, -0.05) is 0 Å². The van der Waals surface area contributed by atoms with Crippen molar-refractivity contribution >= 4 is 28.1 Å². The van der Waals surface area contributed by atoms with Crippen molar-refractivity contribution in [3.8, 4) is 11.3 Å². The third-order valence-corrected chi connectivity index (χ3v) is 4.19. The summed E-state index contributed by atoms with van der Waals surface area (Å²) in [5.74, 6) is -1.70. The number of carbonyl (C=O) groups is 1. The molecule has 0 amide bonds. The zero-order valence-corrected chi connectivity index (χ0v) is 13.1. The predicted octanol–water partition coefficient (Wildman–Crippen LogP) is 4.46. The van der Waals surface area contributed by atoms with Gasteiger partial charge in [-0.15, -0.1) is 11.3 Å². The quantitative estimate of drug-likeness (QED) is 0.716. The first kappa shape index (κ1) is 16.1. The first-order valence-electron chi connectivity index (χ1n) is 7.01. The number of anilines is 2. The van der Waals surface area contributed by atoms with Gasteiger partial charge in [0, 0.05) is 16.1 Å². The lowest BCUT2D eigenvalue weighted by molar-refractivity contribution is -0.136. The molecule has 1 aromatic heterocycles. The number of nitrogens with zero attached hydrogens (tertiary/aromatic N) is 1. The molecule has 3 rings (SSSR count). The van der Waals surface area contributed by atoms with E-state index in [1.54, 1.807) is 24.3 Å². The third kappa shape index (κ3) is 3.75. The average Bonchev–Trinajstić information content (AvgIpc) is 2.92. The van der Waals surface area contributed by atoms with Crippen LogP contribution >= 0.6 is 11.3 Å². The van der Waals surface area contributed by atoms with Crippen molar-refractivity contribution in [3.05, 3.63) is 65.0 Å². The average molecular weight is 346 g/mol. The topological polar surface area (TPSA) is 62.2 Å². The predicted molar refractivity (Wildman–Crippen MR) is 88.5 cm³/mol. The fourth-order valence-corrected chi connectivity index (χ4v) is 3.15. The van der Waals surface area contributed by atoms with Gasteiger partial charge in [0.1, 0.15) is 11.6 Å². The summed E-state index contributed by atoms with van der Waals surface area (Å²) in [6.07, 6.45) is -0.185. The Bertz CT molecular complexity index is 861. The van der Waals surface area contributed by atoms with Gasteiger partial charge in [0.2, 0.25) is 0 Å². The molecule has 0 aliphatic rings. The van der Waals surface area contributed by atoms with Gasteiger partial charge in [-0.25, -0.2) is 13.8 Å². The van der Waals surface area contributed by atoms with E-state index >= 15 is 0 Å². The lowest BCUT2D eigenvalue weighted by Crippen LogP contribution is -1.99. The van der Waals surface area contributed by atoms with Crippen molar-refractivity contribution in [1.29, 1.82) is 0 Å². The molecule has 24 heavy (non-hydrogen) atoms. The van der Waals surface area contributed by atoms with Crippen LogP contribution in [-0.2, 0) is 11.2 Å². The molecule has 2 N–H and O–H groups in total. The van der Waals surface area contributed by atoms with E-state index in [0.717, 1.165) is 0 Å². The minimum absolute atomic E-state index is 0.185. The molecule has 0 bridgehead atoms. The number of carboxylic acid groups (broad SMARTS) is 1. The summed E-state index contributed by atoms with van der Waals surface area (Å²) < 4.78 is 26.0. The number of halogens is 2. The van der Waals surface area contributed by atoms with Crippen molar-refractivity contribution in [2.75, 3.05) is 5.32 Å². The van der Waals surface area contributed by atoms with Gasteiger partial charge >= 0.3 is 5.97 Å². The number of carboxylic acids is 1. The van der Waals surface area contributed by atoms with Crippen molar-refractivity contribution in [3.63, 3.8) is 0 Å². The smallest absolute Gasteiger partial charge is 0.308 e. The highest BCUT2D eigenvalue weighted by molar-refractivity contribution is 7.16. The van der Waals surface area contributed by atoms with E-state index in [9.17, 15) is 13.6 Å². The molecule has 0 saturated carbocycles. The molecule has 0 spiro atoms. The van der Waals surface area contributed by atoms with Crippen LogP contribution in [0.1, 0.15) is 4.88 Å². The largest absolute Gasteiger partial charge is 0.481 e. The Morgan fingerprint density at radius 2 is 1.62 bits per heavy atom. The maximum absolute atomic E-state index is 13.1. The number of hydrogen-bond acceptors (Lipinski definition) is 4. The van der Waals surface area contributed by atoms with Crippen LogP contribution in [0.5, 0.6) is 0 Å². The molecule has 122 valence electrons. The minimum Gasteiger partial charge on any atom is -0.481 e. The van der Waals surface area contributed by atoms with E-state index in [1.165, 1.54) is 35.6 Å². The van der Waals surface area contributed by atoms with Gasteiger partial charge in [-0.2, -0.15) is 0 Å². The standard InChI is InChI=1S/C17H12F2N2O2S/c18-11-3-1-10(2-4-11)16-14(9-15(22)23)24-17(21-16)20-13-7-5-12(19)6-8-13/h1-8H,9H2,(H,20,21)(H,22,23). The molecule has 7 heteroatoms. The molecule has 0 unspecified atom stereocenters. The number of thiazole rings is 1. The molecule has 0 radical (unpaired) electrons. The molecule has 0 saturated heterocycles. The van der Waals surface area contributed by atoms with Gasteiger partial charge in [-0.3, -0.25) is 4.79 Å². The Labute approximate surface area is 140 Å². The van der Waals surface area contributed by atoms with E-state index in [2.05, 4.69) is 10.3 Å². The number of benzene rings is 2. The molecule has 0 aliphatic carbocycles. The fourth-order valence-electron chi connectivity index (χ4n) is 2.15. The first-order valence-corrected chi connectivity index (χ1v) is 7.83. The highest BCUT2D eigenvalue weighted by Gasteiger charge is 2.16. The third-order valence-electron chi connectivity index (χ3n) is 3.22. The molecule has 0 fully saturated rings. The minimum atomic E-state index is -0.977. The monoisotopic (exact) mass is 346 g/mol. The number of aromatic nitrogens is 1. The van der Waals surface area contributed by atoms with Crippen molar-refractivity contribution in [2.45, 2.75) is 6.42 Å². The van der Waals surface area contributed by atoms with E-state index in [1.807, 2.05) is 0 Å². The Morgan fingerprint density at radius 1 is 1.04 bits per heavy atom. The number of rotatable bonds is 5. The van der Waals surface area contributed by atoms with Crippen molar-refractivity contribution < 1.29 is 18.7 Å². The Hall–Kier alpha value is -2.80. The molecule has 4 nitrogen and oxygen atoms in total. The summed E-state index contributed by atoms with van der Waals surface area (Å²) in [6.45, 7) is 0. The van der Waals surface area contributed by atoms with Gasteiger partial charge in [0.25, 0.3) is 0 Å². The Balaban J connectivity index is 1.94. The molecule has 2 aromatic carbocycles. The second-order valence-electron chi connectivity index (χ2n) is 5.00. The second-order valence-corrected chi connectivity index (χ2v) is 6.08. The van der Waals surface area contributed by atoms with Crippen LogP contribution in [0.2, 0.25) is 0 Å². The summed E-state index contributed by atoms with van der Waals surface area (Å²) in [4.78, 5) is 16.0. The van der Waals surface area contributed by atoms with E-state index < -0.39 is 5.97 Å². The number of aliphatic carboxylic acids is 1. The summed E-state index contributed by atoms with van der Waals surface area (Å²) in [7, 11) is 0. The molecular formula is C17H12F2N2O2S. The number of nitrogens with one attached hydrogen (secondary N) is 1. The van der Waals surface area contributed by atoms with E-state index in [-0.39, 0.29) is 18.1 Å². The maximum Gasteiger partial charge on any atom is 0.308 e. The van der Waals surface area contributed by atoms with E-state index in [4.69, 9.17) is 5.11 Å². The fraction of sp³-hybridized carbons (Fsp3) is 0.0588. The van der Waals surface area contributed by atoms with Crippen LogP contribution in [0, 0.1) is 11.6 Å². The van der Waals surface area contributed by atoms with E-state index in [0.29, 0.717) is 27.0 Å². The maximum atomic E-state index is 13.1. The van der Waals surface area contributed by atoms with Crippen molar-refractivity contribution in [2.24, 2.45) is 0 Å². The van der Waals surface area contributed by atoms with Gasteiger partial charge in [-0.05, 0) is 48.5 Å². The summed E-state index contributed by atoms with van der Waals surface area (Å²) in [5.41, 5.74) is 1.76. The van der Waals surface area contributed by atoms with Crippen LogP contribution < -0.4 is 5.32 Å². The first-order chi connectivity index (χ1) is 11.5. The zero-order valence-electron chi connectivity index (χ0n) is 12.3. The lowest BCUT2D eigenvalue weighted by atomic mass is 10.1. The normalized spacial score (nSPS) is 10.6. The molecule has 3 aromatic rings. The van der Waals surface area contributed by atoms with Crippen LogP contribution in [0.4, 0.5) is 19.6 Å². The second kappa shape index (κ2) is 6.76. The molecule has 1 heterocycles. The van der Waals surface area contributed by atoms with Gasteiger partial charge in [0.05, 0.1) is 12.1 Å². The van der Waals surface area contributed by atoms with Crippen LogP contribution in [0.25, 0.3) is 11.3 Å². The Kier molecular flexibility index (Phi) is 4.52. The van der Waals surface area contributed by atoms with Crippen molar-refractivity contribution in [1.82, 2.24) is 4.98 Å². The van der Waals surface area contributed by atoms with Gasteiger partial charge in [0.15, 0.2) is 5.13 Å². The molecular weight excluding hydrogens is 334 g/mol. The Morgan fingerprint density at radius 3 is 2.21 bits per heavy atom. The summed E-state index contributed by atoms with van der Waals surface area (Å²) in [5, 5.41) is 12.6. The van der Waals surface area contributed by atoms with Gasteiger partial charge < -0.3 is 10.4 Å². The van der Waals surface area contributed by atoms with Crippen LogP contribution in [0.3, 0.4) is 0 Å². The number of hydrogen-bond donors (Lipinski definition) is 2. The zero-order chi connectivity index (χ0) is 17.1. The SMILES string of the molecule is O=C(O)Cc1sc(Nc2ccc(F)cc2)nc1-c1ccc(F)cc1. The summed E-state index contributed by atoms with van der Waals surface area (Å²) >= 11 is 1.20. The lowest BCUT2D eigenvalue weighted by Gasteiger charge is -2.01.